The SMILES string of the molecule is CC#CC1(C)CNC(=O)NC1=O. The van der Waals surface area contributed by atoms with Crippen molar-refractivity contribution >= 4 is 11.9 Å². The molecule has 1 rings (SSSR count). The van der Waals surface area contributed by atoms with Crippen LogP contribution in [-0.2, 0) is 4.79 Å². The van der Waals surface area contributed by atoms with Crippen LogP contribution in [0.2, 0.25) is 0 Å². The maximum atomic E-state index is 11.2. The lowest BCUT2D eigenvalue weighted by molar-refractivity contribution is -0.126. The lowest BCUT2D eigenvalue weighted by atomic mass is 9.89. The van der Waals surface area contributed by atoms with Crippen LogP contribution in [0.1, 0.15) is 13.8 Å². The van der Waals surface area contributed by atoms with Gasteiger partial charge in [0.25, 0.3) is 0 Å². The molecule has 1 fully saturated rings. The maximum absolute atomic E-state index is 11.2. The van der Waals surface area contributed by atoms with Gasteiger partial charge in [0.1, 0.15) is 5.41 Å². The topological polar surface area (TPSA) is 58.2 Å². The molecule has 1 saturated heterocycles. The molecule has 4 heteroatoms. The van der Waals surface area contributed by atoms with Gasteiger partial charge in [0.15, 0.2) is 0 Å². The van der Waals surface area contributed by atoms with E-state index in [1.54, 1.807) is 13.8 Å². The summed E-state index contributed by atoms with van der Waals surface area (Å²) in [6.45, 7) is 3.63. The van der Waals surface area contributed by atoms with Gasteiger partial charge in [-0.15, -0.1) is 5.92 Å². The van der Waals surface area contributed by atoms with Gasteiger partial charge in [-0.25, -0.2) is 4.79 Å². The molecule has 0 aromatic carbocycles. The molecular weight excluding hydrogens is 156 g/mol. The van der Waals surface area contributed by atoms with E-state index in [2.05, 4.69) is 22.5 Å². The molecule has 0 saturated carbocycles. The Bertz CT molecular complexity index is 287. The molecule has 12 heavy (non-hydrogen) atoms. The molecule has 1 atom stereocenters. The highest BCUT2D eigenvalue weighted by atomic mass is 16.2. The zero-order valence-corrected chi connectivity index (χ0v) is 7.02. The van der Waals surface area contributed by atoms with E-state index in [9.17, 15) is 9.59 Å². The number of rotatable bonds is 0. The molecule has 1 aliphatic heterocycles. The molecule has 1 heterocycles. The maximum Gasteiger partial charge on any atom is 0.321 e. The van der Waals surface area contributed by atoms with Crippen molar-refractivity contribution in [1.29, 1.82) is 0 Å². The molecule has 2 N–H and O–H groups in total. The predicted octanol–water partition coefficient (Wildman–Crippen LogP) is -0.145. The monoisotopic (exact) mass is 166 g/mol. The van der Waals surface area contributed by atoms with Gasteiger partial charge >= 0.3 is 6.03 Å². The van der Waals surface area contributed by atoms with Gasteiger partial charge in [-0.1, -0.05) is 5.92 Å². The highest BCUT2D eigenvalue weighted by Crippen LogP contribution is 2.15. The third-order valence-corrected chi connectivity index (χ3v) is 1.73. The normalized spacial score (nSPS) is 28.2. The van der Waals surface area contributed by atoms with E-state index in [0.29, 0.717) is 0 Å². The Morgan fingerprint density at radius 1 is 1.50 bits per heavy atom. The molecule has 0 bridgehead atoms. The Hall–Kier alpha value is -1.50. The number of hydrogen-bond donors (Lipinski definition) is 2. The molecule has 0 aromatic rings. The van der Waals surface area contributed by atoms with Crippen molar-refractivity contribution in [2.45, 2.75) is 13.8 Å². The van der Waals surface area contributed by atoms with Crippen molar-refractivity contribution in [3.05, 3.63) is 0 Å². The highest BCUT2D eigenvalue weighted by Gasteiger charge is 2.36. The van der Waals surface area contributed by atoms with Crippen LogP contribution in [0.4, 0.5) is 4.79 Å². The third-order valence-electron chi connectivity index (χ3n) is 1.73. The molecule has 1 aliphatic rings. The molecule has 0 radical (unpaired) electrons. The Kier molecular flexibility index (Phi) is 2.05. The first kappa shape index (κ1) is 8.60. The van der Waals surface area contributed by atoms with Crippen LogP contribution in [0.15, 0.2) is 0 Å². The number of hydrogen-bond acceptors (Lipinski definition) is 2. The second kappa shape index (κ2) is 2.86. The molecule has 1 unspecified atom stereocenters. The molecule has 0 aliphatic carbocycles. The fourth-order valence-electron chi connectivity index (χ4n) is 0.999. The number of nitrogens with one attached hydrogen (secondary N) is 2. The van der Waals surface area contributed by atoms with E-state index in [1.807, 2.05) is 0 Å². The molecular formula is C8H10N2O2. The van der Waals surface area contributed by atoms with E-state index in [1.165, 1.54) is 0 Å². The third kappa shape index (κ3) is 1.40. The van der Waals surface area contributed by atoms with E-state index in [0.717, 1.165) is 0 Å². The quantitative estimate of drug-likeness (QED) is 0.492. The minimum absolute atomic E-state index is 0.276. The smallest absolute Gasteiger partial charge is 0.321 e. The van der Waals surface area contributed by atoms with Crippen molar-refractivity contribution in [2.24, 2.45) is 5.41 Å². The van der Waals surface area contributed by atoms with Gasteiger partial charge < -0.3 is 5.32 Å². The molecule has 4 nitrogen and oxygen atoms in total. The first-order chi connectivity index (χ1) is 5.58. The largest absolute Gasteiger partial charge is 0.336 e. The van der Waals surface area contributed by atoms with Gasteiger partial charge in [0.05, 0.1) is 0 Å². The van der Waals surface area contributed by atoms with Crippen molar-refractivity contribution in [3.8, 4) is 11.8 Å². The Balaban J connectivity index is 2.84. The first-order valence-corrected chi connectivity index (χ1v) is 3.62. The minimum atomic E-state index is -0.775. The van der Waals surface area contributed by atoms with Crippen LogP contribution in [0.25, 0.3) is 0 Å². The molecule has 0 aromatic heterocycles. The number of imide groups is 1. The van der Waals surface area contributed by atoms with Gasteiger partial charge in [-0.2, -0.15) is 0 Å². The molecule has 0 spiro atoms. The second-order valence-corrected chi connectivity index (χ2v) is 2.84. The van der Waals surface area contributed by atoms with Crippen molar-refractivity contribution in [2.75, 3.05) is 6.54 Å². The Morgan fingerprint density at radius 2 is 2.17 bits per heavy atom. The number of carbonyl (C=O) groups is 2. The fraction of sp³-hybridized carbons (Fsp3) is 0.500. The van der Waals surface area contributed by atoms with E-state index < -0.39 is 11.4 Å². The van der Waals surface area contributed by atoms with Gasteiger partial charge in [0.2, 0.25) is 5.91 Å². The number of carbonyl (C=O) groups excluding carboxylic acids is 2. The van der Waals surface area contributed by atoms with Crippen molar-refractivity contribution in [1.82, 2.24) is 10.6 Å². The standard InChI is InChI=1S/C8H10N2O2/c1-3-4-8(2)5-9-7(12)10-6(8)11/h5H2,1-2H3,(H2,9,10,11,12). The van der Waals surface area contributed by atoms with Crippen LogP contribution < -0.4 is 10.6 Å². The van der Waals surface area contributed by atoms with Crippen LogP contribution >= 0.6 is 0 Å². The average Bonchev–Trinajstić information content (AvgIpc) is 1.99. The summed E-state index contributed by atoms with van der Waals surface area (Å²) in [6.07, 6.45) is 0. The highest BCUT2D eigenvalue weighted by molar-refractivity contribution is 6.01. The van der Waals surface area contributed by atoms with Crippen LogP contribution in [0.3, 0.4) is 0 Å². The number of urea groups is 1. The summed E-state index contributed by atoms with van der Waals surface area (Å²) in [4.78, 5) is 21.9. The first-order valence-electron chi connectivity index (χ1n) is 3.62. The predicted molar refractivity (Wildman–Crippen MR) is 43.1 cm³/mol. The minimum Gasteiger partial charge on any atom is -0.336 e. The zero-order valence-electron chi connectivity index (χ0n) is 7.02. The summed E-state index contributed by atoms with van der Waals surface area (Å²) in [5, 5.41) is 4.68. The molecule has 3 amide bonds. The van der Waals surface area contributed by atoms with Gasteiger partial charge in [0, 0.05) is 6.54 Å². The van der Waals surface area contributed by atoms with Crippen molar-refractivity contribution < 1.29 is 9.59 Å². The summed E-state index contributed by atoms with van der Waals surface area (Å²) in [5.41, 5.74) is -0.775. The Labute approximate surface area is 70.7 Å². The average molecular weight is 166 g/mol. The second-order valence-electron chi connectivity index (χ2n) is 2.84. The number of amides is 3. The lowest BCUT2D eigenvalue weighted by Gasteiger charge is -2.27. The Morgan fingerprint density at radius 3 is 2.67 bits per heavy atom. The van der Waals surface area contributed by atoms with E-state index in [4.69, 9.17) is 0 Å². The summed E-state index contributed by atoms with van der Waals surface area (Å²) in [6, 6.07) is -0.449. The summed E-state index contributed by atoms with van der Waals surface area (Å²) in [7, 11) is 0. The summed E-state index contributed by atoms with van der Waals surface area (Å²) in [5.74, 6) is 5.08. The van der Waals surface area contributed by atoms with Crippen LogP contribution in [0, 0.1) is 17.3 Å². The lowest BCUT2D eigenvalue weighted by Crippen LogP contribution is -2.57. The fourth-order valence-corrected chi connectivity index (χ4v) is 0.999. The summed E-state index contributed by atoms with van der Waals surface area (Å²) >= 11 is 0. The molecule has 64 valence electrons. The van der Waals surface area contributed by atoms with Gasteiger partial charge in [-0.3, -0.25) is 10.1 Å². The zero-order chi connectivity index (χ0) is 9.19. The van der Waals surface area contributed by atoms with E-state index >= 15 is 0 Å². The van der Waals surface area contributed by atoms with Crippen molar-refractivity contribution in [3.63, 3.8) is 0 Å². The van der Waals surface area contributed by atoms with Crippen LogP contribution in [0.5, 0.6) is 0 Å². The van der Waals surface area contributed by atoms with E-state index in [-0.39, 0.29) is 12.5 Å². The summed E-state index contributed by atoms with van der Waals surface area (Å²) < 4.78 is 0. The van der Waals surface area contributed by atoms with Crippen LogP contribution in [-0.4, -0.2) is 18.5 Å². The van der Waals surface area contributed by atoms with Gasteiger partial charge in [-0.05, 0) is 13.8 Å².